The van der Waals surface area contributed by atoms with Crippen molar-refractivity contribution in [2.24, 2.45) is 0 Å². The second kappa shape index (κ2) is 20.2. The zero-order chi connectivity index (χ0) is 39.0. The molecule has 0 aliphatic heterocycles. The average Bonchev–Trinajstić information content (AvgIpc) is 3.58. The van der Waals surface area contributed by atoms with Gasteiger partial charge < -0.3 is 42.0 Å². The molecule has 0 aliphatic carbocycles. The number of hydrogen-bond acceptors (Lipinski definition) is 8. The van der Waals surface area contributed by atoms with Crippen LogP contribution in [0.1, 0.15) is 23.6 Å². The standard InChI is InChI=1S/C38H43N7O8S/c1-23(34(48)43-30(17-25-12-6-3-7-13-25)37(51)45-32(21-54)38(52)53)42-33(47)20-40-35(49)31(18-26-19-39-28-15-9-8-14-27(26)28)44-36(50)29(41-22-46)16-24-10-4-2-5-11-24/h2-15,19,22-23,29-32,39,54H,16-18,20-21H2,1H3,(H,40,49)(H,41,46)(H,42,47)(H,43,48)(H,44,50)(H,45,51)(H,52,53)/t23-,29-,30-,31+,32+/m0/s1. The fourth-order valence-corrected chi connectivity index (χ4v) is 5.87. The van der Waals surface area contributed by atoms with Crippen LogP contribution in [0.4, 0.5) is 0 Å². The van der Waals surface area contributed by atoms with Crippen molar-refractivity contribution in [3.05, 3.63) is 108 Å². The van der Waals surface area contributed by atoms with Gasteiger partial charge in [0, 0.05) is 42.1 Å². The summed E-state index contributed by atoms with van der Waals surface area (Å²) in [6.45, 7) is 0.820. The van der Waals surface area contributed by atoms with Crippen LogP contribution in [0, 0.1) is 0 Å². The summed E-state index contributed by atoms with van der Waals surface area (Å²) in [7, 11) is 0. The molecule has 5 atom stereocenters. The molecule has 1 heterocycles. The number of H-pyrrole nitrogens is 1. The summed E-state index contributed by atoms with van der Waals surface area (Å²) in [6, 6.07) is 19.4. The van der Waals surface area contributed by atoms with Crippen LogP contribution in [0.5, 0.6) is 0 Å². The molecule has 8 N–H and O–H groups in total. The number of rotatable bonds is 20. The zero-order valence-electron chi connectivity index (χ0n) is 29.4. The van der Waals surface area contributed by atoms with Gasteiger partial charge in [0.25, 0.3) is 0 Å². The van der Waals surface area contributed by atoms with Gasteiger partial charge in [-0.3, -0.25) is 28.8 Å². The minimum Gasteiger partial charge on any atom is -0.480 e. The Labute approximate surface area is 316 Å². The molecule has 16 heteroatoms. The van der Waals surface area contributed by atoms with Crippen LogP contribution in [0.2, 0.25) is 0 Å². The SMILES string of the molecule is C[C@H](NC(=O)CNC(=O)[C@@H](Cc1c[nH]c2ccccc12)NC(=O)[C@H](Cc1ccccc1)NC=O)C(=O)N[C@@H](Cc1ccccc1)C(=O)N[C@H](CS)C(=O)O. The summed E-state index contributed by atoms with van der Waals surface area (Å²) in [5, 5.41) is 25.4. The van der Waals surface area contributed by atoms with Gasteiger partial charge in [0.15, 0.2) is 0 Å². The second-order valence-corrected chi connectivity index (χ2v) is 12.9. The lowest BCUT2D eigenvalue weighted by Crippen LogP contribution is -2.57. The number of aromatic nitrogens is 1. The first-order chi connectivity index (χ1) is 26.0. The smallest absolute Gasteiger partial charge is 0.327 e. The minimum atomic E-state index is -1.29. The van der Waals surface area contributed by atoms with Gasteiger partial charge in [-0.15, -0.1) is 0 Å². The summed E-state index contributed by atoms with van der Waals surface area (Å²) >= 11 is 3.97. The normalized spacial score (nSPS) is 13.6. The summed E-state index contributed by atoms with van der Waals surface area (Å²) < 4.78 is 0. The number of para-hydroxylation sites is 1. The number of benzene rings is 3. The van der Waals surface area contributed by atoms with Crippen LogP contribution in [-0.4, -0.2) is 94.5 Å². The number of amides is 6. The predicted octanol–water partition coefficient (Wildman–Crippen LogP) is 0.400. The van der Waals surface area contributed by atoms with E-state index in [4.69, 9.17) is 0 Å². The van der Waals surface area contributed by atoms with Crippen molar-refractivity contribution >= 4 is 65.4 Å². The molecule has 0 aliphatic rings. The first-order valence-electron chi connectivity index (χ1n) is 17.1. The Hall–Kier alpha value is -6.16. The molecule has 0 bridgehead atoms. The molecule has 6 amide bonds. The number of carbonyl (C=O) groups is 7. The Kier molecular flexibility index (Phi) is 15.2. The van der Waals surface area contributed by atoms with Gasteiger partial charge in [0.2, 0.25) is 35.9 Å². The third kappa shape index (κ3) is 11.9. The topological polar surface area (TPSA) is 228 Å². The maximum Gasteiger partial charge on any atom is 0.327 e. The van der Waals surface area contributed by atoms with Crippen molar-refractivity contribution in [1.29, 1.82) is 0 Å². The molecule has 4 aromatic rings. The number of hydrogen-bond donors (Lipinski definition) is 9. The third-order valence-electron chi connectivity index (χ3n) is 8.51. The van der Waals surface area contributed by atoms with E-state index in [-0.39, 0.29) is 25.0 Å². The van der Waals surface area contributed by atoms with Crippen molar-refractivity contribution in [2.45, 2.75) is 56.4 Å². The van der Waals surface area contributed by atoms with Crippen LogP contribution in [0.15, 0.2) is 91.1 Å². The number of aromatic amines is 1. The molecule has 0 radical (unpaired) electrons. The van der Waals surface area contributed by atoms with Crippen LogP contribution in [-0.2, 0) is 52.8 Å². The van der Waals surface area contributed by atoms with E-state index >= 15 is 0 Å². The fraction of sp³-hybridized carbons (Fsp3) is 0.289. The lowest BCUT2D eigenvalue weighted by Gasteiger charge is -2.23. The van der Waals surface area contributed by atoms with E-state index in [9.17, 15) is 38.7 Å². The number of carboxylic acids is 1. The Bertz CT molecular complexity index is 1920. The molecule has 0 spiro atoms. The predicted molar refractivity (Wildman–Crippen MR) is 203 cm³/mol. The highest BCUT2D eigenvalue weighted by Gasteiger charge is 2.30. The van der Waals surface area contributed by atoms with E-state index in [0.29, 0.717) is 12.0 Å². The molecule has 284 valence electrons. The summed E-state index contributed by atoms with van der Waals surface area (Å²) in [6.07, 6.45) is 2.38. The number of carboxylic acid groups (broad SMARTS) is 1. The molecular weight excluding hydrogens is 715 g/mol. The molecule has 0 fully saturated rings. The first kappa shape index (κ1) is 40.6. The summed E-state index contributed by atoms with van der Waals surface area (Å²) in [4.78, 5) is 92.3. The lowest BCUT2D eigenvalue weighted by molar-refractivity contribution is -0.141. The molecule has 54 heavy (non-hydrogen) atoms. The molecule has 0 saturated heterocycles. The Morgan fingerprint density at radius 2 is 1.22 bits per heavy atom. The van der Waals surface area contributed by atoms with Crippen LogP contribution < -0.4 is 31.9 Å². The van der Waals surface area contributed by atoms with Crippen LogP contribution in [0.25, 0.3) is 10.9 Å². The average molecular weight is 758 g/mol. The quantitative estimate of drug-likeness (QED) is 0.0452. The van der Waals surface area contributed by atoms with E-state index < -0.39 is 72.3 Å². The number of aliphatic carboxylic acids is 1. The molecule has 4 rings (SSSR count). The highest BCUT2D eigenvalue weighted by Crippen LogP contribution is 2.19. The van der Waals surface area contributed by atoms with Gasteiger partial charge in [-0.25, -0.2) is 4.79 Å². The van der Waals surface area contributed by atoms with Crippen LogP contribution in [0.3, 0.4) is 0 Å². The molecular formula is C38H43N7O8S. The highest BCUT2D eigenvalue weighted by molar-refractivity contribution is 7.80. The van der Waals surface area contributed by atoms with Crippen molar-refractivity contribution in [1.82, 2.24) is 36.9 Å². The lowest BCUT2D eigenvalue weighted by atomic mass is 10.0. The van der Waals surface area contributed by atoms with E-state index in [1.165, 1.54) is 6.92 Å². The number of carbonyl (C=O) groups excluding carboxylic acids is 6. The monoisotopic (exact) mass is 757 g/mol. The Morgan fingerprint density at radius 1 is 0.685 bits per heavy atom. The minimum absolute atomic E-state index is 0.0339. The second-order valence-electron chi connectivity index (χ2n) is 12.5. The van der Waals surface area contributed by atoms with Gasteiger partial charge in [-0.2, -0.15) is 12.6 Å². The number of fused-ring (bicyclic) bond motifs is 1. The van der Waals surface area contributed by atoms with Gasteiger partial charge in [-0.05, 0) is 29.7 Å². The van der Waals surface area contributed by atoms with E-state index in [0.717, 1.165) is 22.0 Å². The molecule has 15 nitrogen and oxygen atoms in total. The zero-order valence-corrected chi connectivity index (χ0v) is 30.3. The van der Waals surface area contributed by atoms with Gasteiger partial charge in [0.1, 0.15) is 30.2 Å². The van der Waals surface area contributed by atoms with Crippen molar-refractivity contribution in [2.75, 3.05) is 12.3 Å². The van der Waals surface area contributed by atoms with Crippen LogP contribution >= 0.6 is 12.6 Å². The molecule has 3 aromatic carbocycles. The van der Waals surface area contributed by atoms with Gasteiger partial charge >= 0.3 is 5.97 Å². The fourth-order valence-electron chi connectivity index (χ4n) is 5.62. The van der Waals surface area contributed by atoms with E-state index in [1.807, 2.05) is 30.3 Å². The van der Waals surface area contributed by atoms with Crippen molar-refractivity contribution < 1.29 is 38.7 Å². The summed E-state index contributed by atoms with van der Waals surface area (Å²) in [5.74, 6) is -5.00. The Balaban J connectivity index is 1.41. The Morgan fingerprint density at radius 3 is 1.83 bits per heavy atom. The molecule has 0 saturated carbocycles. The number of nitrogens with one attached hydrogen (secondary N) is 7. The van der Waals surface area contributed by atoms with E-state index in [1.54, 1.807) is 60.8 Å². The molecule has 0 unspecified atom stereocenters. The van der Waals surface area contributed by atoms with Crippen molar-refractivity contribution in [3.63, 3.8) is 0 Å². The largest absolute Gasteiger partial charge is 0.480 e. The summed E-state index contributed by atoms with van der Waals surface area (Å²) in [5.41, 5.74) is 3.02. The molecule has 1 aromatic heterocycles. The third-order valence-corrected chi connectivity index (χ3v) is 8.87. The van der Waals surface area contributed by atoms with E-state index in [2.05, 4.69) is 49.5 Å². The maximum atomic E-state index is 13.6. The highest BCUT2D eigenvalue weighted by atomic mass is 32.1. The van der Waals surface area contributed by atoms with Gasteiger partial charge in [-0.1, -0.05) is 78.9 Å². The number of thiol groups is 1. The van der Waals surface area contributed by atoms with Crippen molar-refractivity contribution in [3.8, 4) is 0 Å². The van der Waals surface area contributed by atoms with Gasteiger partial charge in [0.05, 0.1) is 6.54 Å². The maximum absolute atomic E-state index is 13.6. The first-order valence-corrected chi connectivity index (χ1v) is 17.8.